The molecule has 1 aromatic carbocycles. The van der Waals surface area contributed by atoms with Crippen LogP contribution in [0.1, 0.15) is 36.4 Å². The lowest BCUT2D eigenvalue weighted by atomic mass is 9.99. The number of hydrogen-bond acceptors (Lipinski definition) is 3. The third kappa shape index (κ3) is 3.98. The van der Waals surface area contributed by atoms with Crippen molar-refractivity contribution in [3.63, 3.8) is 0 Å². The molecule has 0 saturated carbocycles. The van der Waals surface area contributed by atoms with E-state index in [2.05, 4.69) is 10.3 Å². The van der Waals surface area contributed by atoms with Crippen LogP contribution in [0.3, 0.4) is 0 Å². The molecule has 3 rings (SSSR count). The molecule has 1 atom stereocenters. The van der Waals surface area contributed by atoms with Crippen LogP contribution in [0.4, 0.5) is 0 Å². The Morgan fingerprint density at radius 2 is 1.83 bits per heavy atom. The molecule has 1 saturated heterocycles. The number of amides is 2. The minimum absolute atomic E-state index is 0.0552. The second kappa shape index (κ2) is 7.73. The van der Waals surface area contributed by atoms with Crippen LogP contribution in [-0.4, -0.2) is 34.8 Å². The van der Waals surface area contributed by atoms with Crippen LogP contribution < -0.4 is 5.32 Å². The molecule has 1 aliphatic heterocycles. The molecule has 1 aromatic heterocycles. The summed E-state index contributed by atoms with van der Waals surface area (Å²) in [6, 6.07) is 13.5. The number of pyridine rings is 1. The molecule has 0 bridgehead atoms. The quantitative estimate of drug-likeness (QED) is 0.887. The zero-order chi connectivity index (χ0) is 16.8. The molecule has 2 heterocycles. The molecular weight excluding hydrogens is 302 g/mol. The molecule has 124 valence electrons. The predicted molar refractivity (Wildman–Crippen MR) is 91.1 cm³/mol. The Morgan fingerprint density at radius 3 is 2.50 bits per heavy atom. The van der Waals surface area contributed by atoms with Crippen molar-refractivity contribution in [2.75, 3.05) is 13.1 Å². The Balaban J connectivity index is 1.68. The van der Waals surface area contributed by atoms with E-state index in [1.54, 1.807) is 17.3 Å². The highest BCUT2D eigenvalue weighted by atomic mass is 16.2. The molecule has 0 unspecified atom stereocenters. The highest BCUT2D eigenvalue weighted by Gasteiger charge is 2.22. The van der Waals surface area contributed by atoms with E-state index in [9.17, 15) is 9.59 Å². The topological polar surface area (TPSA) is 62.3 Å². The molecule has 0 aliphatic carbocycles. The number of nitrogens with one attached hydrogen (secondary N) is 1. The first-order valence-corrected chi connectivity index (χ1v) is 8.26. The summed E-state index contributed by atoms with van der Waals surface area (Å²) < 4.78 is 0. The summed E-state index contributed by atoms with van der Waals surface area (Å²) in [5.74, 6) is 0.0944. The van der Waals surface area contributed by atoms with E-state index in [4.69, 9.17) is 0 Å². The molecule has 24 heavy (non-hydrogen) atoms. The predicted octanol–water partition coefficient (Wildman–Crippen LogP) is 2.30. The maximum Gasteiger partial charge on any atom is 0.222 e. The molecule has 0 spiro atoms. The van der Waals surface area contributed by atoms with Gasteiger partial charge < -0.3 is 10.2 Å². The molecule has 1 fully saturated rings. The van der Waals surface area contributed by atoms with Gasteiger partial charge in [-0.3, -0.25) is 14.6 Å². The first kappa shape index (κ1) is 16.2. The maximum absolute atomic E-state index is 12.4. The summed E-state index contributed by atoms with van der Waals surface area (Å²) in [7, 11) is 0. The van der Waals surface area contributed by atoms with Gasteiger partial charge in [-0.05, 0) is 29.7 Å². The van der Waals surface area contributed by atoms with Crippen LogP contribution in [0.15, 0.2) is 54.9 Å². The van der Waals surface area contributed by atoms with E-state index >= 15 is 0 Å². The molecule has 1 aliphatic rings. The van der Waals surface area contributed by atoms with Gasteiger partial charge >= 0.3 is 0 Å². The number of carbonyl (C=O) groups is 2. The Hall–Kier alpha value is -2.69. The Bertz CT molecular complexity index is 649. The van der Waals surface area contributed by atoms with Gasteiger partial charge in [0.15, 0.2) is 0 Å². The van der Waals surface area contributed by atoms with Crippen molar-refractivity contribution in [2.24, 2.45) is 0 Å². The SMILES string of the molecule is O=C(CCN1CCCC1=O)N[C@H](c1ccccc1)c1ccncc1. The van der Waals surface area contributed by atoms with Crippen LogP contribution in [0.25, 0.3) is 0 Å². The lowest BCUT2D eigenvalue weighted by Gasteiger charge is -2.21. The first-order valence-electron chi connectivity index (χ1n) is 8.26. The average Bonchev–Trinajstić information content (AvgIpc) is 3.04. The summed E-state index contributed by atoms with van der Waals surface area (Å²) >= 11 is 0. The summed E-state index contributed by atoms with van der Waals surface area (Å²) in [5, 5.41) is 3.08. The number of hydrogen-bond donors (Lipinski definition) is 1. The van der Waals surface area contributed by atoms with Gasteiger partial charge in [0.2, 0.25) is 11.8 Å². The molecule has 0 radical (unpaired) electrons. The van der Waals surface area contributed by atoms with Crippen LogP contribution in [0.2, 0.25) is 0 Å². The van der Waals surface area contributed by atoms with Gasteiger partial charge in [-0.15, -0.1) is 0 Å². The van der Waals surface area contributed by atoms with Gasteiger partial charge in [-0.2, -0.15) is 0 Å². The Labute approximate surface area is 141 Å². The van der Waals surface area contributed by atoms with Crippen molar-refractivity contribution in [1.82, 2.24) is 15.2 Å². The summed E-state index contributed by atoms with van der Waals surface area (Å²) in [6.07, 6.45) is 5.26. The zero-order valence-corrected chi connectivity index (χ0v) is 13.5. The van der Waals surface area contributed by atoms with Crippen LogP contribution in [-0.2, 0) is 9.59 Å². The summed E-state index contributed by atoms with van der Waals surface area (Å²) in [5.41, 5.74) is 2.01. The molecule has 2 aromatic rings. The number of benzene rings is 1. The third-order valence-corrected chi connectivity index (χ3v) is 4.26. The number of nitrogens with zero attached hydrogens (tertiary/aromatic N) is 2. The van der Waals surface area contributed by atoms with Crippen molar-refractivity contribution >= 4 is 11.8 Å². The number of rotatable bonds is 6. The first-order chi connectivity index (χ1) is 11.7. The highest BCUT2D eigenvalue weighted by Crippen LogP contribution is 2.21. The monoisotopic (exact) mass is 323 g/mol. The lowest BCUT2D eigenvalue weighted by molar-refractivity contribution is -0.128. The number of likely N-dealkylation sites (tertiary alicyclic amines) is 1. The smallest absolute Gasteiger partial charge is 0.222 e. The standard InChI is InChI=1S/C19H21N3O2/c23-17(10-14-22-13-4-7-18(22)24)21-19(15-5-2-1-3-6-15)16-8-11-20-12-9-16/h1-3,5-6,8-9,11-12,19H,4,7,10,13-14H2,(H,21,23)/t19-/m1/s1. The fourth-order valence-electron chi connectivity index (χ4n) is 2.97. The van der Waals surface area contributed by atoms with Crippen molar-refractivity contribution in [2.45, 2.75) is 25.3 Å². The molecule has 2 amide bonds. The average molecular weight is 323 g/mol. The molecule has 5 nitrogen and oxygen atoms in total. The number of aromatic nitrogens is 1. The van der Waals surface area contributed by atoms with E-state index in [1.807, 2.05) is 42.5 Å². The van der Waals surface area contributed by atoms with Crippen LogP contribution >= 0.6 is 0 Å². The van der Waals surface area contributed by atoms with Crippen molar-refractivity contribution in [1.29, 1.82) is 0 Å². The van der Waals surface area contributed by atoms with Gasteiger partial charge in [0.05, 0.1) is 6.04 Å². The zero-order valence-electron chi connectivity index (χ0n) is 13.5. The molecular formula is C19H21N3O2. The van der Waals surface area contributed by atoms with Crippen molar-refractivity contribution < 1.29 is 9.59 Å². The van der Waals surface area contributed by atoms with E-state index in [1.165, 1.54) is 0 Å². The third-order valence-electron chi connectivity index (χ3n) is 4.26. The minimum atomic E-state index is -0.212. The van der Waals surface area contributed by atoms with Gasteiger partial charge in [-0.1, -0.05) is 30.3 Å². The van der Waals surface area contributed by atoms with Gasteiger partial charge in [0, 0.05) is 38.3 Å². The number of carbonyl (C=O) groups excluding carboxylic acids is 2. The Morgan fingerprint density at radius 1 is 1.12 bits per heavy atom. The normalized spacial score (nSPS) is 15.3. The molecule has 1 N–H and O–H groups in total. The fraction of sp³-hybridized carbons (Fsp3) is 0.316. The van der Waals surface area contributed by atoms with Crippen molar-refractivity contribution in [3.8, 4) is 0 Å². The van der Waals surface area contributed by atoms with Gasteiger partial charge in [0.25, 0.3) is 0 Å². The summed E-state index contributed by atoms with van der Waals surface area (Å²) in [6.45, 7) is 1.25. The van der Waals surface area contributed by atoms with Crippen LogP contribution in [0, 0.1) is 0 Å². The van der Waals surface area contributed by atoms with Gasteiger partial charge in [-0.25, -0.2) is 0 Å². The second-order valence-electron chi connectivity index (χ2n) is 5.93. The highest BCUT2D eigenvalue weighted by molar-refractivity contribution is 5.80. The van der Waals surface area contributed by atoms with E-state index in [-0.39, 0.29) is 17.9 Å². The Kier molecular flexibility index (Phi) is 5.21. The van der Waals surface area contributed by atoms with Crippen molar-refractivity contribution in [3.05, 3.63) is 66.0 Å². The van der Waals surface area contributed by atoms with Crippen LogP contribution in [0.5, 0.6) is 0 Å². The second-order valence-corrected chi connectivity index (χ2v) is 5.93. The fourth-order valence-corrected chi connectivity index (χ4v) is 2.97. The van der Waals surface area contributed by atoms with E-state index in [0.29, 0.717) is 19.4 Å². The van der Waals surface area contributed by atoms with E-state index in [0.717, 1.165) is 24.1 Å². The minimum Gasteiger partial charge on any atom is -0.345 e. The maximum atomic E-state index is 12.4. The largest absolute Gasteiger partial charge is 0.345 e. The van der Waals surface area contributed by atoms with E-state index < -0.39 is 0 Å². The summed E-state index contributed by atoms with van der Waals surface area (Å²) in [4.78, 5) is 29.8. The lowest BCUT2D eigenvalue weighted by Crippen LogP contribution is -2.34. The molecule has 5 heteroatoms. The van der Waals surface area contributed by atoms with Gasteiger partial charge in [0.1, 0.15) is 0 Å².